The molecule has 0 saturated carbocycles. The third-order valence-electron chi connectivity index (χ3n) is 3.00. The quantitative estimate of drug-likeness (QED) is 0.857. The normalized spacial score (nSPS) is 10.3. The molecule has 2 N–H and O–H groups in total. The van der Waals surface area contributed by atoms with Gasteiger partial charge in [-0.1, -0.05) is 19.1 Å². The highest BCUT2D eigenvalue weighted by molar-refractivity contribution is 9.10. The molecule has 2 aromatic rings. The van der Waals surface area contributed by atoms with Crippen LogP contribution in [0, 0.1) is 0 Å². The summed E-state index contributed by atoms with van der Waals surface area (Å²) in [6.45, 7) is 2.72. The second-order valence-corrected chi connectivity index (χ2v) is 5.38. The van der Waals surface area contributed by atoms with Gasteiger partial charge < -0.3 is 10.6 Å². The Morgan fingerprint density at radius 2 is 1.80 bits per heavy atom. The highest BCUT2D eigenvalue weighted by Gasteiger charge is 2.18. The summed E-state index contributed by atoms with van der Waals surface area (Å²) >= 11 is 3.43. The lowest BCUT2D eigenvalue weighted by Gasteiger charge is -2.23. The van der Waals surface area contributed by atoms with Crippen molar-refractivity contribution in [2.75, 3.05) is 17.2 Å². The molecule has 3 nitrogen and oxygen atoms in total. The second kappa shape index (κ2) is 6.57. The van der Waals surface area contributed by atoms with E-state index in [0.717, 1.165) is 16.6 Å². The number of amides is 1. The van der Waals surface area contributed by atoms with E-state index in [2.05, 4.69) is 22.9 Å². The van der Waals surface area contributed by atoms with E-state index in [1.54, 1.807) is 4.90 Å². The summed E-state index contributed by atoms with van der Waals surface area (Å²) in [6, 6.07) is 14.8. The molecule has 0 spiro atoms. The smallest absolute Gasteiger partial charge is 0.259 e. The summed E-state index contributed by atoms with van der Waals surface area (Å²) in [5, 5.41) is 0. The molecule has 0 atom stereocenters. The molecular weight excluding hydrogens is 316 g/mol. The van der Waals surface area contributed by atoms with Crippen LogP contribution in [0.5, 0.6) is 0 Å². The lowest BCUT2D eigenvalue weighted by Crippen LogP contribution is -2.31. The highest BCUT2D eigenvalue weighted by Crippen LogP contribution is 2.23. The van der Waals surface area contributed by atoms with E-state index in [1.807, 2.05) is 48.5 Å². The molecule has 0 unspecified atom stereocenters. The molecule has 0 bridgehead atoms. The lowest BCUT2D eigenvalue weighted by molar-refractivity contribution is 0.0986. The minimum absolute atomic E-state index is 0.0101. The summed E-state index contributed by atoms with van der Waals surface area (Å²) in [5.41, 5.74) is 7.92. The van der Waals surface area contributed by atoms with Crippen molar-refractivity contribution in [2.45, 2.75) is 13.3 Å². The Balaban J connectivity index is 2.36. The number of carbonyl (C=O) groups excluding carboxylic acids is 1. The van der Waals surface area contributed by atoms with Crippen molar-refractivity contribution in [3.8, 4) is 0 Å². The van der Waals surface area contributed by atoms with Gasteiger partial charge >= 0.3 is 0 Å². The van der Waals surface area contributed by atoms with Crippen LogP contribution in [-0.4, -0.2) is 12.5 Å². The molecule has 0 aromatic heterocycles. The van der Waals surface area contributed by atoms with E-state index in [-0.39, 0.29) is 5.91 Å². The Hall–Kier alpha value is -1.81. The maximum Gasteiger partial charge on any atom is 0.259 e. The Kier molecular flexibility index (Phi) is 4.79. The predicted molar refractivity (Wildman–Crippen MR) is 87.0 cm³/mol. The van der Waals surface area contributed by atoms with Crippen LogP contribution in [0.2, 0.25) is 0 Å². The molecule has 0 aliphatic carbocycles. The minimum atomic E-state index is -0.0101. The van der Waals surface area contributed by atoms with Gasteiger partial charge in [-0.25, -0.2) is 0 Å². The number of halogens is 1. The van der Waals surface area contributed by atoms with Gasteiger partial charge in [0.25, 0.3) is 5.91 Å². The first-order valence-corrected chi connectivity index (χ1v) is 7.34. The number of nitrogen functional groups attached to an aromatic ring is 1. The molecule has 20 heavy (non-hydrogen) atoms. The molecule has 0 heterocycles. The van der Waals surface area contributed by atoms with Gasteiger partial charge in [0.15, 0.2) is 0 Å². The van der Waals surface area contributed by atoms with Gasteiger partial charge in [-0.3, -0.25) is 4.79 Å². The molecular formula is C16H17BrN2O. The van der Waals surface area contributed by atoms with E-state index >= 15 is 0 Å². The van der Waals surface area contributed by atoms with Gasteiger partial charge in [-0.15, -0.1) is 0 Å². The third-order valence-corrected chi connectivity index (χ3v) is 3.69. The van der Waals surface area contributed by atoms with Crippen molar-refractivity contribution in [3.63, 3.8) is 0 Å². The van der Waals surface area contributed by atoms with E-state index in [9.17, 15) is 4.79 Å². The average molecular weight is 333 g/mol. The van der Waals surface area contributed by atoms with Crippen LogP contribution in [0.3, 0.4) is 0 Å². The zero-order valence-corrected chi connectivity index (χ0v) is 12.9. The van der Waals surface area contributed by atoms with E-state index in [0.29, 0.717) is 17.8 Å². The van der Waals surface area contributed by atoms with Crippen molar-refractivity contribution in [1.82, 2.24) is 0 Å². The molecule has 0 aliphatic heterocycles. The fourth-order valence-corrected chi connectivity index (χ4v) is 2.46. The number of anilines is 2. The zero-order chi connectivity index (χ0) is 14.5. The number of carbonyl (C=O) groups is 1. The molecule has 0 aliphatic rings. The fraction of sp³-hybridized carbons (Fsp3) is 0.188. The second-order valence-electron chi connectivity index (χ2n) is 4.53. The largest absolute Gasteiger partial charge is 0.399 e. The first-order chi connectivity index (χ1) is 9.63. The SMILES string of the molecule is CCCN(C(=O)c1ccccc1Br)c1ccc(N)cc1. The molecule has 0 fully saturated rings. The standard InChI is InChI=1S/C16H17BrN2O/c1-2-11-19(13-9-7-12(18)8-10-13)16(20)14-5-3-4-6-15(14)17/h3-10H,2,11,18H2,1H3. The maximum atomic E-state index is 12.7. The van der Waals surface area contributed by atoms with Gasteiger partial charge in [0.1, 0.15) is 0 Å². The summed E-state index contributed by atoms with van der Waals surface area (Å²) in [6.07, 6.45) is 0.889. The molecule has 0 radical (unpaired) electrons. The van der Waals surface area contributed by atoms with Crippen molar-refractivity contribution < 1.29 is 4.79 Å². The van der Waals surface area contributed by atoms with Gasteiger partial charge in [-0.2, -0.15) is 0 Å². The van der Waals surface area contributed by atoms with Crippen LogP contribution >= 0.6 is 15.9 Å². The topological polar surface area (TPSA) is 46.3 Å². The predicted octanol–water partition coefficient (Wildman–Crippen LogP) is 4.09. The summed E-state index contributed by atoms with van der Waals surface area (Å²) in [4.78, 5) is 14.5. The molecule has 104 valence electrons. The third kappa shape index (κ3) is 3.20. The van der Waals surface area contributed by atoms with Crippen LogP contribution in [0.1, 0.15) is 23.7 Å². The summed E-state index contributed by atoms with van der Waals surface area (Å²) in [5.74, 6) is -0.0101. The number of nitrogens with two attached hydrogens (primary N) is 1. The van der Waals surface area contributed by atoms with Gasteiger partial charge in [-0.05, 0) is 58.7 Å². The number of nitrogens with zero attached hydrogens (tertiary/aromatic N) is 1. The lowest BCUT2D eigenvalue weighted by atomic mass is 10.1. The van der Waals surface area contributed by atoms with Crippen LogP contribution in [-0.2, 0) is 0 Å². The average Bonchev–Trinajstić information content (AvgIpc) is 2.46. The Labute approximate surface area is 127 Å². The first kappa shape index (κ1) is 14.6. The molecule has 4 heteroatoms. The Morgan fingerprint density at radius 1 is 1.15 bits per heavy atom. The number of hydrogen-bond donors (Lipinski definition) is 1. The molecule has 2 aromatic carbocycles. The molecule has 1 amide bonds. The van der Waals surface area contributed by atoms with E-state index in [1.165, 1.54) is 0 Å². The van der Waals surface area contributed by atoms with Gasteiger partial charge in [0.05, 0.1) is 5.56 Å². The first-order valence-electron chi connectivity index (χ1n) is 6.55. The monoisotopic (exact) mass is 332 g/mol. The van der Waals surface area contributed by atoms with Gasteiger partial charge in [0, 0.05) is 22.4 Å². The summed E-state index contributed by atoms with van der Waals surface area (Å²) in [7, 11) is 0. The maximum absolute atomic E-state index is 12.7. The fourth-order valence-electron chi connectivity index (χ4n) is 2.01. The summed E-state index contributed by atoms with van der Waals surface area (Å²) < 4.78 is 0.807. The minimum Gasteiger partial charge on any atom is -0.399 e. The zero-order valence-electron chi connectivity index (χ0n) is 11.3. The number of rotatable bonds is 4. The Bertz CT molecular complexity index is 596. The van der Waals surface area contributed by atoms with Crippen molar-refractivity contribution in [1.29, 1.82) is 0 Å². The van der Waals surface area contributed by atoms with Crippen molar-refractivity contribution >= 4 is 33.2 Å². The van der Waals surface area contributed by atoms with E-state index in [4.69, 9.17) is 5.73 Å². The molecule has 0 saturated heterocycles. The van der Waals surface area contributed by atoms with Crippen molar-refractivity contribution in [3.05, 3.63) is 58.6 Å². The van der Waals surface area contributed by atoms with Crippen LogP contribution in [0.4, 0.5) is 11.4 Å². The van der Waals surface area contributed by atoms with Crippen LogP contribution in [0.15, 0.2) is 53.0 Å². The number of hydrogen-bond acceptors (Lipinski definition) is 2. The van der Waals surface area contributed by atoms with E-state index < -0.39 is 0 Å². The Morgan fingerprint density at radius 3 is 2.40 bits per heavy atom. The van der Waals surface area contributed by atoms with Gasteiger partial charge in [0.2, 0.25) is 0 Å². The van der Waals surface area contributed by atoms with Crippen LogP contribution < -0.4 is 10.6 Å². The number of benzene rings is 2. The van der Waals surface area contributed by atoms with Crippen molar-refractivity contribution in [2.24, 2.45) is 0 Å². The highest BCUT2D eigenvalue weighted by atomic mass is 79.9. The molecule has 2 rings (SSSR count). The van der Waals surface area contributed by atoms with Crippen LogP contribution in [0.25, 0.3) is 0 Å².